The molecule has 0 unspecified atom stereocenters. The van der Waals surface area contributed by atoms with Crippen molar-refractivity contribution >= 4 is 33.6 Å². The van der Waals surface area contributed by atoms with Crippen LogP contribution >= 0.6 is 11.6 Å². The first-order valence-corrected chi connectivity index (χ1v) is 11.0. The smallest absolute Gasteiger partial charge is 0.344 e. The van der Waals surface area contributed by atoms with E-state index < -0.39 is 34.2 Å². The Kier molecular flexibility index (Phi) is 7.32. The van der Waals surface area contributed by atoms with Gasteiger partial charge in [-0.15, -0.1) is 0 Å². The van der Waals surface area contributed by atoms with E-state index >= 15 is 0 Å². The lowest BCUT2D eigenvalue weighted by Gasteiger charge is -2.34. The number of carbonyl (C=O) groups is 2. The minimum absolute atomic E-state index is 0.0134. The first kappa shape index (κ1) is 23.6. The van der Waals surface area contributed by atoms with E-state index in [-0.39, 0.29) is 40.8 Å². The number of halogens is 1. The molecule has 0 amide bonds. The zero-order valence-electron chi connectivity index (χ0n) is 17.1. The molecule has 0 saturated carbocycles. The molecule has 1 fully saturated rings. The maximum atomic E-state index is 13.1. The zero-order valence-corrected chi connectivity index (χ0v) is 18.7. The SMILES string of the molecule is C[C@@H]1CN(S(=O)(=O)c2cc(C(=O)OCC(=O)OC(C)(C)C)ccc2Cl)C[C@H](C)O1. The number of nitrogens with zero attached hydrogens (tertiary/aromatic N) is 1. The van der Waals surface area contributed by atoms with E-state index in [2.05, 4.69) is 0 Å². The number of rotatable bonds is 5. The largest absolute Gasteiger partial charge is 0.457 e. The molecule has 2 rings (SSSR count). The van der Waals surface area contributed by atoms with Crippen LogP contribution in [-0.4, -0.2) is 62.2 Å². The molecule has 1 aromatic carbocycles. The van der Waals surface area contributed by atoms with Crippen molar-refractivity contribution in [3.8, 4) is 0 Å². The van der Waals surface area contributed by atoms with Crippen molar-refractivity contribution in [2.45, 2.75) is 57.3 Å². The van der Waals surface area contributed by atoms with Gasteiger partial charge in [0.15, 0.2) is 6.61 Å². The monoisotopic (exact) mass is 447 g/mol. The quantitative estimate of drug-likeness (QED) is 0.639. The van der Waals surface area contributed by atoms with E-state index in [1.54, 1.807) is 34.6 Å². The average molecular weight is 448 g/mol. The normalized spacial score (nSPS) is 20.9. The summed E-state index contributed by atoms with van der Waals surface area (Å²) in [6.07, 6.45) is -0.538. The van der Waals surface area contributed by atoms with Crippen LogP contribution in [0.25, 0.3) is 0 Å². The van der Waals surface area contributed by atoms with Gasteiger partial charge in [0.25, 0.3) is 0 Å². The molecule has 0 radical (unpaired) electrons. The first-order valence-electron chi connectivity index (χ1n) is 9.13. The Morgan fingerprint density at radius 3 is 2.34 bits per heavy atom. The molecule has 0 aromatic heterocycles. The third-order valence-corrected chi connectivity index (χ3v) is 6.23. The molecule has 0 N–H and O–H groups in total. The molecular weight excluding hydrogens is 422 g/mol. The molecule has 10 heteroatoms. The molecule has 162 valence electrons. The third-order valence-electron chi connectivity index (χ3n) is 3.91. The van der Waals surface area contributed by atoms with Crippen LogP contribution in [0.2, 0.25) is 5.02 Å². The van der Waals surface area contributed by atoms with Gasteiger partial charge in [-0.25, -0.2) is 18.0 Å². The van der Waals surface area contributed by atoms with Crippen LogP contribution in [0.4, 0.5) is 0 Å². The van der Waals surface area contributed by atoms with Gasteiger partial charge < -0.3 is 14.2 Å². The lowest BCUT2D eigenvalue weighted by atomic mass is 10.2. The molecule has 1 aliphatic rings. The summed E-state index contributed by atoms with van der Waals surface area (Å²) >= 11 is 6.11. The summed E-state index contributed by atoms with van der Waals surface area (Å²) in [7, 11) is -3.95. The number of benzene rings is 1. The summed E-state index contributed by atoms with van der Waals surface area (Å²) < 4.78 is 43.0. The van der Waals surface area contributed by atoms with E-state index in [0.717, 1.165) is 6.07 Å². The van der Waals surface area contributed by atoms with Crippen LogP contribution < -0.4 is 0 Å². The van der Waals surface area contributed by atoms with Gasteiger partial charge >= 0.3 is 11.9 Å². The van der Waals surface area contributed by atoms with Gasteiger partial charge in [-0.2, -0.15) is 4.31 Å². The highest BCUT2D eigenvalue weighted by Gasteiger charge is 2.34. The number of hydrogen-bond donors (Lipinski definition) is 0. The predicted molar refractivity (Wildman–Crippen MR) is 106 cm³/mol. The molecule has 8 nitrogen and oxygen atoms in total. The standard InChI is InChI=1S/C19H26ClNO7S/c1-12-9-21(10-13(2)27-12)29(24,25)16-8-14(6-7-15(16)20)18(23)26-11-17(22)28-19(3,4)5/h6-8,12-13H,9-11H2,1-5H3/t12-,13+. The van der Waals surface area contributed by atoms with Gasteiger partial charge in [-0.3, -0.25) is 0 Å². The van der Waals surface area contributed by atoms with Crippen LogP contribution in [0.3, 0.4) is 0 Å². The number of morpholine rings is 1. The summed E-state index contributed by atoms with van der Waals surface area (Å²) in [5.74, 6) is -1.56. The van der Waals surface area contributed by atoms with Gasteiger partial charge in [0, 0.05) is 13.1 Å². The number of ether oxygens (including phenoxy) is 3. The Labute approximate surface area is 176 Å². The first-order chi connectivity index (χ1) is 13.3. The lowest BCUT2D eigenvalue weighted by molar-refractivity contribution is -0.158. The van der Waals surface area contributed by atoms with E-state index in [0.29, 0.717) is 0 Å². The van der Waals surface area contributed by atoms with Gasteiger partial charge in [0.1, 0.15) is 10.5 Å². The molecule has 0 spiro atoms. The highest BCUT2D eigenvalue weighted by Crippen LogP contribution is 2.28. The number of carbonyl (C=O) groups excluding carboxylic acids is 2. The van der Waals surface area contributed by atoms with Crippen LogP contribution in [-0.2, 0) is 29.0 Å². The minimum atomic E-state index is -3.95. The van der Waals surface area contributed by atoms with Crippen molar-refractivity contribution in [1.82, 2.24) is 4.31 Å². The summed E-state index contributed by atoms with van der Waals surface area (Å²) in [6, 6.07) is 3.80. The molecule has 1 saturated heterocycles. The van der Waals surface area contributed by atoms with E-state index in [1.807, 2.05) is 0 Å². The van der Waals surface area contributed by atoms with Crippen LogP contribution in [0.1, 0.15) is 45.0 Å². The fourth-order valence-electron chi connectivity index (χ4n) is 2.87. The summed E-state index contributed by atoms with van der Waals surface area (Å²) in [5, 5.41) is -0.0134. The third kappa shape index (κ3) is 6.40. The second kappa shape index (κ2) is 8.99. The molecular formula is C19H26ClNO7S. The van der Waals surface area contributed by atoms with Gasteiger partial charge in [-0.1, -0.05) is 11.6 Å². The van der Waals surface area contributed by atoms with Crippen molar-refractivity contribution < 1.29 is 32.2 Å². The van der Waals surface area contributed by atoms with Crippen LogP contribution in [0.5, 0.6) is 0 Å². The van der Waals surface area contributed by atoms with Gasteiger partial charge in [0.05, 0.1) is 22.8 Å². The Balaban J connectivity index is 2.18. The van der Waals surface area contributed by atoms with Crippen molar-refractivity contribution in [3.63, 3.8) is 0 Å². The Hall–Kier alpha value is -1.68. The highest BCUT2D eigenvalue weighted by molar-refractivity contribution is 7.89. The predicted octanol–water partition coefficient (Wildman–Crippen LogP) is 2.64. The van der Waals surface area contributed by atoms with E-state index in [4.69, 9.17) is 25.8 Å². The minimum Gasteiger partial charge on any atom is -0.457 e. The van der Waals surface area contributed by atoms with Crippen molar-refractivity contribution in [1.29, 1.82) is 0 Å². The summed E-state index contributed by atoms with van der Waals surface area (Å²) in [6.45, 7) is 8.41. The fraction of sp³-hybridized carbons (Fsp3) is 0.579. The average Bonchev–Trinajstić information content (AvgIpc) is 2.57. The second-order valence-corrected chi connectivity index (χ2v) is 10.2. The molecule has 1 aliphatic heterocycles. The summed E-state index contributed by atoms with van der Waals surface area (Å²) in [4.78, 5) is 23.8. The van der Waals surface area contributed by atoms with E-state index in [1.165, 1.54) is 16.4 Å². The van der Waals surface area contributed by atoms with Gasteiger partial charge in [0.2, 0.25) is 10.0 Å². The molecule has 29 heavy (non-hydrogen) atoms. The topological polar surface area (TPSA) is 99.2 Å². The van der Waals surface area contributed by atoms with Crippen LogP contribution in [0, 0.1) is 0 Å². The molecule has 1 heterocycles. The molecule has 0 aliphatic carbocycles. The Bertz CT molecular complexity index is 869. The maximum absolute atomic E-state index is 13.1. The molecule has 2 atom stereocenters. The van der Waals surface area contributed by atoms with E-state index in [9.17, 15) is 18.0 Å². The van der Waals surface area contributed by atoms with Crippen molar-refractivity contribution in [2.24, 2.45) is 0 Å². The maximum Gasteiger partial charge on any atom is 0.344 e. The lowest BCUT2D eigenvalue weighted by Crippen LogP contribution is -2.48. The number of esters is 2. The molecule has 1 aromatic rings. The highest BCUT2D eigenvalue weighted by atomic mass is 35.5. The Morgan fingerprint density at radius 1 is 1.21 bits per heavy atom. The van der Waals surface area contributed by atoms with Crippen molar-refractivity contribution in [3.05, 3.63) is 28.8 Å². The summed E-state index contributed by atoms with van der Waals surface area (Å²) in [5.41, 5.74) is -0.747. The zero-order chi connectivity index (χ0) is 22.0. The number of sulfonamides is 1. The second-order valence-electron chi connectivity index (χ2n) is 7.89. The van der Waals surface area contributed by atoms with Gasteiger partial charge in [-0.05, 0) is 52.8 Å². The number of hydrogen-bond acceptors (Lipinski definition) is 7. The van der Waals surface area contributed by atoms with Crippen LogP contribution in [0.15, 0.2) is 23.1 Å². The fourth-order valence-corrected chi connectivity index (χ4v) is 4.96. The molecule has 0 bridgehead atoms. The van der Waals surface area contributed by atoms with Crippen molar-refractivity contribution in [2.75, 3.05) is 19.7 Å². The Morgan fingerprint density at radius 2 is 1.79 bits per heavy atom.